The van der Waals surface area contributed by atoms with Gasteiger partial charge in [-0.1, -0.05) is 0 Å². The van der Waals surface area contributed by atoms with Gasteiger partial charge in [0.2, 0.25) is 0 Å². The molecule has 0 amide bonds. The van der Waals surface area contributed by atoms with Crippen LogP contribution in [0.3, 0.4) is 0 Å². The largest absolute Gasteiger partial charge is 0.376 e. The zero-order chi connectivity index (χ0) is 11.5. The van der Waals surface area contributed by atoms with E-state index in [0.29, 0.717) is 11.4 Å². The zero-order valence-electron chi connectivity index (χ0n) is 8.22. The SMILES string of the molecule is NC(=S)Nc1cc(F)ccc1-n1cccn1. The molecular weight excluding hydrogens is 227 g/mol. The van der Waals surface area contributed by atoms with E-state index in [0.717, 1.165) is 0 Å². The summed E-state index contributed by atoms with van der Waals surface area (Å²) < 4.78 is 14.7. The number of hydrogen-bond acceptors (Lipinski definition) is 2. The molecule has 0 saturated carbocycles. The van der Waals surface area contributed by atoms with Crippen LogP contribution in [-0.4, -0.2) is 14.9 Å². The number of benzene rings is 1. The normalized spacial score (nSPS) is 10.1. The summed E-state index contributed by atoms with van der Waals surface area (Å²) in [6.45, 7) is 0. The van der Waals surface area contributed by atoms with Crippen LogP contribution >= 0.6 is 12.2 Å². The van der Waals surface area contributed by atoms with E-state index in [1.165, 1.54) is 12.1 Å². The molecule has 0 saturated heterocycles. The predicted molar refractivity (Wildman–Crippen MR) is 63.9 cm³/mol. The Bertz CT molecular complexity index is 510. The van der Waals surface area contributed by atoms with E-state index in [9.17, 15) is 4.39 Å². The van der Waals surface area contributed by atoms with Gasteiger partial charge < -0.3 is 11.1 Å². The first-order valence-electron chi connectivity index (χ1n) is 4.53. The Kier molecular flexibility index (Phi) is 2.82. The van der Waals surface area contributed by atoms with E-state index in [1.807, 2.05) is 0 Å². The number of nitrogens with zero attached hydrogens (tertiary/aromatic N) is 2. The lowest BCUT2D eigenvalue weighted by atomic mass is 10.2. The Morgan fingerprint density at radius 3 is 2.94 bits per heavy atom. The number of rotatable bonds is 2. The maximum atomic E-state index is 13.1. The van der Waals surface area contributed by atoms with Crippen LogP contribution in [0.5, 0.6) is 0 Å². The second kappa shape index (κ2) is 4.28. The molecule has 0 atom stereocenters. The molecule has 16 heavy (non-hydrogen) atoms. The van der Waals surface area contributed by atoms with Crippen molar-refractivity contribution in [2.45, 2.75) is 0 Å². The van der Waals surface area contributed by atoms with Crippen molar-refractivity contribution in [3.63, 3.8) is 0 Å². The molecule has 0 radical (unpaired) electrons. The van der Waals surface area contributed by atoms with Gasteiger partial charge in [-0.05, 0) is 36.5 Å². The molecule has 3 N–H and O–H groups in total. The van der Waals surface area contributed by atoms with Crippen molar-refractivity contribution >= 4 is 23.0 Å². The minimum absolute atomic E-state index is 0.0824. The smallest absolute Gasteiger partial charge is 0.168 e. The van der Waals surface area contributed by atoms with Crippen molar-refractivity contribution in [3.8, 4) is 5.69 Å². The predicted octanol–water partition coefficient (Wildman–Crippen LogP) is 1.67. The van der Waals surface area contributed by atoms with Crippen molar-refractivity contribution in [1.82, 2.24) is 9.78 Å². The lowest BCUT2D eigenvalue weighted by molar-refractivity contribution is 0.627. The third-order valence-corrected chi connectivity index (χ3v) is 2.07. The van der Waals surface area contributed by atoms with Gasteiger partial charge in [-0.15, -0.1) is 0 Å². The molecule has 0 unspecified atom stereocenters. The summed E-state index contributed by atoms with van der Waals surface area (Å²) in [4.78, 5) is 0. The summed E-state index contributed by atoms with van der Waals surface area (Å²) in [5.41, 5.74) is 6.53. The fourth-order valence-corrected chi connectivity index (χ4v) is 1.46. The second-order valence-electron chi connectivity index (χ2n) is 3.10. The highest BCUT2D eigenvalue weighted by Crippen LogP contribution is 2.20. The number of nitrogens with one attached hydrogen (secondary N) is 1. The van der Waals surface area contributed by atoms with Crippen LogP contribution in [0.25, 0.3) is 5.69 Å². The summed E-state index contributed by atoms with van der Waals surface area (Å²) in [6.07, 6.45) is 3.38. The van der Waals surface area contributed by atoms with Crippen LogP contribution < -0.4 is 11.1 Å². The summed E-state index contributed by atoms with van der Waals surface area (Å²) in [7, 11) is 0. The van der Waals surface area contributed by atoms with Gasteiger partial charge in [-0.3, -0.25) is 0 Å². The van der Waals surface area contributed by atoms with Gasteiger partial charge >= 0.3 is 0 Å². The quantitative estimate of drug-likeness (QED) is 0.779. The van der Waals surface area contributed by atoms with Crippen LogP contribution in [0.2, 0.25) is 0 Å². The van der Waals surface area contributed by atoms with Gasteiger partial charge in [-0.2, -0.15) is 5.10 Å². The molecule has 0 aliphatic rings. The average molecular weight is 236 g/mol. The van der Waals surface area contributed by atoms with Gasteiger partial charge in [0.1, 0.15) is 5.82 Å². The molecule has 0 bridgehead atoms. The number of aromatic nitrogens is 2. The van der Waals surface area contributed by atoms with E-state index < -0.39 is 0 Å². The number of halogens is 1. The summed E-state index contributed by atoms with van der Waals surface area (Å²) in [5.74, 6) is -0.366. The zero-order valence-corrected chi connectivity index (χ0v) is 9.04. The molecule has 4 nitrogen and oxygen atoms in total. The van der Waals surface area contributed by atoms with E-state index in [1.54, 1.807) is 29.2 Å². The summed E-state index contributed by atoms with van der Waals surface area (Å²) >= 11 is 4.72. The Morgan fingerprint density at radius 1 is 1.50 bits per heavy atom. The molecule has 2 aromatic rings. The summed E-state index contributed by atoms with van der Waals surface area (Å²) in [5, 5.41) is 6.85. The molecule has 82 valence electrons. The monoisotopic (exact) mass is 236 g/mol. The van der Waals surface area contributed by atoms with Crippen molar-refractivity contribution in [3.05, 3.63) is 42.5 Å². The fourth-order valence-electron chi connectivity index (χ4n) is 1.35. The lowest BCUT2D eigenvalue weighted by Gasteiger charge is -2.10. The number of thiocarbonyl (C=S) groups is 1. The van der Waals surface area contributed by atoms with Crippen LogP contribution in [0.15, 0.2) is 36.7 Å². The fraction of sp³-hybridized carbons (Fsp3) is 0. The van der Waals surface area contributed by atoms with E-state index in [2.05, 4.69) is 10.4 Å². The highest BCUT2D eigenvalue weighted by atomic mass is 32.1. The van der Waals surface area contributed by atoms with Crippen LogP contribution in [0, 0.1) is 5.82 Å². The first-order valence-corrected chi connectivity index (χ1v) is 4.93. The topological polar surface area (TPSA) is 55.9 Å². The van der Waals surface area contributed by atoms with Gasteiger partial charge in [0.05, 0.1) is 11.4 Å². The van der Waals surface area contributed by atoms with Crippen molar-refractivity contribution in [2.75, 3.05) is 5.32 Å². The molecule has 0 aliphatic carbocycles. The molecule has 6 heteroatoms. The molecule has 0 fully saturated rings. The van der Waals surface area contributed by atoms with Crippen molar-refractivity contribution in [2.24, 2.45) is 5.73 Å². The Balaban J connectivity index is 2.48. The second-order valence-corrected chi connectivity index (χ2v) is 3.54. The summed E-state index contributed by atoms with van der Waals surface area (Å²) in [6, 6.07) is 6.04. The molecular formula is C10H9FN4S. The molecule has 0 spiro atoms. The third kappa shape index (κ3) is 2.17. The Hall–Kier alpha value is -1.95. The average Bonchev–Trinajstić information content (AvgIpc) is 2.69. The Labute approximate surface area is 96.9 Å². The van der Waals surface area contributed by atoms with E-state index in [4.69, 9.17) is 18.0 Å². The van der Waals surface area contributed by atoms with Gasteiger partial charge in [0, 0.05) is 12.4 Å². The highest BCUT2D eigenvalue weighted by Gasteiger charge is 2.06. The highest BCUT2D eigenvalue weighted by molar-refractivity contribution is 7.80. The van der Waals surface area contributed by atoms with Crippen LogP contribution in [0.4, 0.5) is 10.1 Å². The maximum absolute atomic E-state index is 13.1. The molecule has 1 aromatic heterocycles. The number of anilines is 1. The van der Waals surface area contributed by atoms with Crippen molar-refractivity contribution < 1.29 is 4.39 Å². The minimum atomic E-state index is -0.366. The lowest BCUT2D eigenvalue weighted by Crippen LogP contribution is -2.20. The standard InChI is InChI=1S/C10H9FN4S/c11-7-2-3-9(15-5-1-4-13-15)8(6-7)14-10(12)16/h1-6H,(H3,12,14,16). The van der Waals surface area contributed by atoms with E-state index in [-0.39, 0.29) is 10.9 Å². The molecule has 2 rings (SSSR count). The van der Waals surface area contributed by atoms with Crippen LogP contribution in [-0.2, 0) is 0 Å². The minimum Gasteiger partial charge on any atom is -0.376 e. The molecule has 0 aliphatic heterocycles. The van der Waals surface area contributed by atoms with E-state index >= 15 is 0 Å². The third-order valence-electron chi connectivity index (χ3n) is 1.97. The molecule has 1 heterocycles. The number of nitrogens with two attached hydrogens (primary N) is 1. The number of hydrogen-bond donors (Lipinski definition) is 2. The van der Waals surface area contributed by atoms with Gasteiger partial charge in [-0.25, -0.2) is 9.07 Å². The maximum Gasteiger partial charge on any atom is 0.168 e. The first-order chi connectivity index (χ1) is 7.66. The van der Waals surface area contributed by atoms with Gasteiger partial charge in [0.15, 0.2) is 5.11 Å². The molecule has 1 aromatic carbocycles. The first kappa shape index (κ1) is 10.6. The van der Waals surface area contributed by atoms with Gasteiger partial charge in [0.25, 0.3) is 0 Å². The van der Waals surface area contributed by atoms with Crippen molar-refractivity contribution in [1.29, 1.82) is 0 Å². The Morgan fingerprint density at radius 2 is 2.31 bits per heavy atom. The van der Waals surface area contributed by atoms with Crippen LogP contribution in [0.1, 0.15) is 0 Å².